The molecule has 0 atom stereocenters. The van der Waals surface area contributed by atoms with Crippen molar-refractivity contribution in [3.63, 3.8) is 0 Å². The third-order valence-corrected chi connectivity index (χ3v) is 7.97. The number of carbonyl (C=O) groups is 2. The molecule has 0 aliphatic carbocycles. The van der Waals surface area contributed by atoms with Crippen molar-refractivity contribution in [2.45, 2.75) is 43.7 Å². The lowest BCUT2D eigenvalue weighted by Gasteiger charge is -2.17. The Morgan fingerprint density at radius 1 is 1.15 bits per heavy atom. The number of aromatic nitrogens is 2. The van der Waals surface area contributed by atoms with Crippen molar-refractivity contribution in [1.82, 2.24) is 14.1 Å². The normalized spacial score (nSPS) is 14.5. The van der Waals surface area contributed by atoms with E-state index in [1.54, 1.807) is 19.9 Å². The van der Waals surface area contributed by atoms with Gasteiger partial charge in [0.15, 0.2) is 12.4 Å². The SMILES string of the molecule is CC(C)c1cc(OCCCC(=O)O)cc2c1C(=O)N(COc1cc(C(F)(F)F)nn1-c1ccccc1Cl)S2(=O)=O. The summed E-state index contributed by atoms with van der Waals surface area (Å²) in [5.41, 5.74) is -1.01. The minimum absolute atomic E-state index is 0.00296. The molecule has 0 bridgehead atoms. The van der Waals surface area contributed by atoms with E-state index < -0.39 is 46.4 Å². The summed E-state index contributed by atoms with van der Waals surface area (Å²) in [4.78, 5) is 23.7. The van der Waals surface area contributed by atoms with Crippen LogP contribution >= 0.6 is 11.6 Å². The second kappa shape index (κ2) is 11.0. The van der Waals surface area contributed by atoms with Crippen molar-refractivity contribution in [3.8, 4) is 17.3 Å². The third-order valence-electron chi connectivity index (χ3n) is 5.92. The number of nitrogens with zero attached hydrogens (tertiary/aromatic N) is 3. The number of rotatable bonds is 10. The van der Waals surface area contributed by atoms with E-state index in [0.29, 0.717) is 15.9 Å². The number of sulfonamides is 1. The number of para-hydroxylation sites is 1. The molecular formula is C25H23ClF3N3O7S. The van der Waals surface area contributed by atoms with Gasteiger partial charge in [-0.1, -0.05) is 37.6 Å². The minimum Gasteiger partial charge on any atom is -0.494 e. The number of carboxylic acids is 1. The predicted octanol–water partition coefficient (Wildman–Crippen LogP) is 5.09. The summed E-state index contributed by atoms with van der Waals surface area (Å²) in [7, 11) is -4.49. The van der Waals surface area contributed by atoms with Crippen LogP contribution in [0.15, 0.2) is 47.4 Å². The van der Waals surface area contributed by atoms with Gasteiger partial charge in [0, 0.05) is 18.6 Å². The molecule has 0 fully saturated rings. The maximum atomic E-state index is 13.4. The molecule has 15 heteroatoms. The first-order chi connectivity index (χ1) is 18.7. The summed E-state index contributed by atoms with van der Waals surface area (Å²) in [6.07, 6.45) is -4.82. The van der Waals surface area contributed by atoms with Gasteiger partial charge in [0.05, 0.1) is 22.9 Å². The fourth-order valence-electron chi connectivity index (χ4n) is 4.00. The van der Waals surface area contributed by atoms with Gasteiger partial charge in [-0.2, -0.15) is 27.3 Å². The molecule has 1 aliphatic heterocycles. The molecule has 40 heavy (non-hydrogen) atoms. The number of carbonyl (C=O) groups excluding carboxylic acids is 1. The molecule has 1 N–H and O–H groups in total. The van der Waals surface area contributed by atoms with Gasteiger partial charge in [-0.15, -0.1) is 0 Å². The van der Waals surface area contributed by atoms with Gasteiger partial charge in [-0.25, -0.2) is 8.42 Å². The Kier molecular flexibility index (Phi) is 8.04. The molecule has 0 unspecified atom stereocenters. The highest BCUT2D eigenvalue weighted by molar-refractivity contribution is 7.90. The zero-order chi connectivity index (χ0) is 29.4. The number of ether oxygens (including phenoxy) is 2. The smallest absolute Gasteiger partial charge is 0.435 e. The number of hydrogen-bond acceptors (Lipinski definition) is 7. The lowest BCUT2D eigenvalue weighted by molar-refractivity contribution is -0.141. The van der Waals surface area contributed by atoms with E-state index in [4.69, 9.17) is 26.2 Å². The van der Waals surface area contributed by atoms with E-state index in [2.05, 4.69) is 5.10 Å². The molecule has 4 rings (SSSR count). The highest BCUT2D eigenvalue weighted by Gasteiger charge is 2.44. The molecule has 10 nitrogen and oxygen atoms in total. The number of alkyl halides is 3. The predicted molar refractivity (Wildman–Crippen MR) is 135 cm³/mol. The summed E-state index contributed by atoms with van der Waals surface area (Å²) >= 11 is 6.13. The molecule has 0 radical (unpaired) electrons. The van der Waals surface area contributed by atoms with E-state index in [0.717, 1.165) is 10.7 Å². The minimum atomic E-state index is -4.84. The van der Waals surface area contributed by atoms with Gasteiger partial charge < -0.3 is 14.6 Å². The van der Waals surface area contributed by atoms with Gasteiger partial charge in [0.2, 0.25) is 5.88 Å². The fourth-order valence-corrected chi connectivity index (χ4v) is 5.68. The largest absolute Gasteiger partial charge is 0.494 e. The highest BCUT2D eigenvalue weighted by atomic mass is 35.5. The lowest BCUT2D eigenvalue weighted by Crippen LogP contribution is -2.34. The van der Waals surface area contributed by atoms with Crippen LogP contribution in [0.25, 0.3) is 5.69 Å². The topological polar surface area (TPSA) is 128 Å². The molecule has 2 aromatic carbocycles. The Bertz CT molecular complexity index is 1570. The van der Waals surface area contributed by atoms with Crippen LogP contribution in [0.4, 0.5) is 13.2 Å². The number of benzene rings is 2. The first-order valence-corrected chi connectivity index (χ1v) is 13.7. The Hall–Kier alpha value is -3.78. The van der Waals surface area contributed by atoms with Crippen molar-refractivity contribution in [2.75, 3.05) is 13.3 Å². The quantitative estimate of drug-likeness (QED) is 0.318. The summed E-state index contributed by atoms with van der Waals surface area (Å²) in [5.74, 6) is -2.62. The number of amides is 1. The number of carboxylic acid groups (broad SMARTS) is 1. The van der Waals surface area contributed by atoms with E-state index in [1.165, 1.54) is 24.3 Å². The maximum absolute atomic E-state index is 13.4. The van der Waals surface area contributed by atoms with Gasteiger partial charge >= 0.3 is 12.1 Å². The van der Waals surface area contributed by atoms with Crippen LogP contribution < -0.4 is 9.47 Å². The zero-order valence-corrected chi connectivity index (χ0v) is 22.7. The van der Waals surface area contributed by atoms with E-state index >= 15 is 0 Å². The van der Waals surface area contributed by atoms with Gasteiger partial charge in [0.1, 0.15) is 10.6 Å². The van der Waals surface area contributed by atoms with Crippen LogP contribution in [0.2, 0.25) is 5.02 Å². The van der Waals surface area contributed by atoms with Crippen LogP contribution in [-0.2, 0) is 21.0 Å². The highest BCUT2D eigenvalue weighted by Crippen LogP contribution is 2.39. The Morgan fingerprint density at radius 2 is 1.85 bits per heavy atom. The number of halogens is 4. The van der Waals surface area contributed by atoms with E-state index in [9.17, 15) is 31.2 Å². The first kappa shape index (κ1) is 29.2. The standard InChI is InChI=1S/C25H23ClF3N3O7S/c1-14(2)16-10-15(38-9-5-8-22(33)34)11-19-23(16)24(35)31(40(19,36)37)13-39-21-12-20(25(27,28)29)30-32(21)18-7-4-3-6-17(18)26/h3-4,6-7,10-12,14H,5,8-9,13H2,1-2H3,(H,33,34). The molecule has 0 spiro atoms. The summed E-state index contributed by atoms with van der Waals surface area (Å²) in [6, 6.07) is 9.13. The molecule has 3 aromatic rings. The monoisotopic (exact) mass is 601 g/mol. The number of fused-ring (bicyclic) bond motifs is 1. The van der Waals surface area contributed by atoms with E-state index in [1.807, 2.05) is 0 Å². The number of aliphatic carboxylic acids is 1. The van der Waals surface area contributed by atoms with E-state index in [-0.39, 0.29) is 52.3 Å². The molecular weight excluding hydrogens is 579 g/mol. The van der Waals surface area contributed by atoms with Gasteiger partial charge in [-0.05, 0) is 36.1 Å². The van der Waals surface area contributed by atoms with Crippen LogP contribution in [0.3, 0.4) is 0 Å². The average molecular weight is 602 g/mol. The van der Waals surface area contributed by atoms with Crippen molar-refractivity contribution < 1.29 is 45.8 Å². The second-order valence-electron chi connectivity index (χ2n) is 9.05. The molecule has 1 amide bonds. The second-order valence-corrected chi connectivity index (χ2v) is 11.3. The summed E-state index contributed by atoms with van der Waals surface area (Å²) < 4.78 is 79.3. The van der Waals surface area contributed by atoms with Crippen LogP contribution in [-0.4, -0.2) is 52.8 Å². The molecule has 1 aromatic heterocycles. The molecule has 214 valence electrons. The first-order valence-electron chi connectivity index (χ1n) is 11.9. The van der Waals surface area contributed by atoms with Crippen LogP contribution in [0, 0.1) is 0 Å². The summed E-state index contributed by atoms with van der Waals surface area (Å²) in [6.45, 7) is 2.53. The molecule has 2 heterocycles. The fraction of sp³-hybridized carbons (Fsp3) is 0.320. The molecule has 0 saturated heterocycles. The van der Waals surface area contributed by atoms with Crippen molar-refractivity contribution in [2.24, 2.45) is 0 Å². The third kappa shape index (κ3) is 5.72. The Morgan fingerprint density at radius 3 is 2.48 bits per heavy atom. The van der Waals surface area contributed by atoms with Crippen LogP contribution in [0.1, 0.15) is 54.2 Å². The lowest BCUT2D eigenvalue weighted by atomic mass is 9.96. The maximum Gasteiger partial charge on any atom is 0.435 e. The number of hydrogen-bond donors (Lipinski definition) is 1. The average Bonchev–Trinajstić information content (AvgIpc) is 3.37. The van der Waals surface area contributed by atoms with Crippen molar-refractivity contribution >= 4 is 33.5 Å². The molecule has 1 aliphatic rings. The zero-order valence-electron chi connectivity index (χ0n) is 21.1. The van der Waals surface area contributed by atoms with Gasteiger partial charge in [0.25, 0.3) is 15.9 Å². The molecule has 0 saturated carbocycles. The summed E-state index contributed by atoms with van der Waals surface area (Å²) in [5, 5.41) is 12.4. The van der Waals surface area contributed by atoms with Crippen molar-refractivity contribution in [1.29, 1.82) is 0 Å². The Balaban J connectivity index is 1.66. The van der Waals surface area contributed by atoms with Gasteiger partial charge in [-0.3, -0.25) is 9.59 Å². The van der Waals surface area contributed by atoms with Crippen molar-refractivity contribution in [3.05, 3.63) is 64.3 Å². The Labute approximate surface area is 231 Å². The van der Waals surface area contributed by atoms with Crippen LogP contribution in [0.5, 0.6) is 11.6 Å².